The van der Waals surface area contributed by atoms with E-state index < -0.39 is 5.97 Å². The molecule has 7 heteroatoms. The van der Waals surface area contributed by atoms with Crippen LogP contribution in [-0.4, -0.2) is 29.8 Å². The summed E-state index contributed by atoms with van der Waals surface area (Å²) in [4.78, 5) is 27.3. The Morgan fingerprint density at radius 2 is 1.81 bits per heavy atom. The quantitative estimate of drug-likeness (QED) is 0.218. The third-order valence-corrected chi connectivity index (χ3v) is 0.765. The molecule has 0 aliphatic heterocycles. The van der Waals surface area contributed by atoms with Crippen LogP contribution in [0.1, 0.15) is 6.92 Å². The van der Waals surface area contributed by atoms with Crippen LogP contribution in [0.5, 0.6) is 0 Å². The number of rotatable bonds is 3. The average molecular weight is 228 g/mol. The highest BCUT2D eigenvalue weighted by Crippen LogP contribution is 1.90. The van der Waals surface area contributed by atoms with Gasteiger partial charge in [0.15, 0.2) is 0 Å². The summed E-state index contributed by atoms with van der Waals surface area (Å²) in [5.41, 5.74) is 0.353. The molecule has 0 aliphatic rings. The Hall–Kier alpha value is -2.49. The van der Waals surface area contributed by atoms with Gasteiger partial charge in [-0.2, -0.15) is 0 Å². The van der Waals surface area contributed by atoms with E-state index in [1.807, 2.05) is 0 Å². The predicted molar refractivity (Wildman–Crippen MR) is 54.4 cm³/mol. The minimum atomic E-state index is -0.446. The molecule has 0 saturated heterocycles. The molecule has 0 aromatic heterocycles. The van der Waals surface area contributed by atoms with Gasteiger partial charge in [-0.1, -0.05) is 6.58 Å². The number of aliphatic hydroxyl groups is 1. The van der Waals surface area contributed by atoms with E-state index in [0.29, 0.717) is 5.57 Å². The van der Waals surface area contributed by atoms with Crippen LogP contribution in [0.15, 0.2) is 24.5 Å². The lowest BCUT2D eigenvalue weighted by Gasteiger charge is -1.97. The molecule has 0 bridgehead atoms. The first-order chi connectivity index (χ1) is 7.51. The highest BCUT2D eigenvalue weighted by molar-refractivity contribution is 5.86. The Balaban J connectivity index is -0.000000235. The Morgan fingerprint density at radius 1 is 1.44 bits per heavy atom. The van der Waals surface area contributed by atoms with Crippen LogP contribution < -0.4 is 0 Å². The van der Waals surface area contributed by atoms with Crippen LogP contribution in [0.25, 0.3) is 0 Å². The first-order valence-electron chi connectivity index (χ1n) is 3.71. The van der Waals surface area contributed by atoms with Crippen molar-refractivity contribution < 1.29 is 24.2 Å². The van der Waals surface area contributed by atoms with Gasteiger partial charge in [0.1, 0.15) is 6.61 Å². The topological polar surface area (TPSA) is 128 Å². The fourth-order valence-electron chi connectivity index (χ4n) is 0.290. The summed E-state index contributed by atoms with van der Waals surface area (Å²) in [7, 11) is 0. The normalized spacial score (nSPS) is 7.06. The first kappa shape index (κ1) is 19.1. The van der Waals surface area contributed by atoms with E-state index in [1.54, 1.807) is 6.92 Å². The van der Waals surface area contributed by atoms with Crippen molar-refractivity contribution in [3.05, 3.63) is 24.5 Å². The van der Waals surface area contributed by atoms with Crippen molar-refractivity contribution in [1.82, 2.24) is 0 Å². The van der Waals surface area contributed by atoms with E-state index in [4.69, 9.17) is 25.5 Å². The van der Waals surface area contributed by atoms with Gasteiger partial charge in [-0.05, 0) is 13.0 Å². The SMILES string of the molecule is C=C(C)C(=O)OCC=CO.N=C=O.N=C=O. The molecular formula is C9H12N2O5. The van der Waals surface area contributed by atoms with Gasteiger partial charge < -0.3 is 9.84 Å². The van der Waals surface area contributed by atoms with Gasteiger partial charge in [-0.25, -0.2) is 25.2 Å². The third kappa shape index (κ3) is 30.0. The Labute approximate surface area is 92.1 Å². The number of aliphatic hydroxyl groups excluding tert-OH is 1. The van der Waals surface area contributed by atoms with Crippen LogP contribution in [0.3, 0.4) is 0 Å². The number of esters is 1. The van der Waals surface area contributed by atoms with Gasteiger partial charge in [0.25, 0.3) is 0 Å². The predicted octanol–water partition coefficient (Wildman–Crippen LogP) is 0.979. The molecule has 3 N–H and O–H groups in total. The van der Waals surface area contributed by atoms with E-state index in [2.05, 4.69) is 11.3 Å². The Bertz CT molecular complexity index is 285. The van der Waals surface area contributed by atoms with Gasteiger partial charge in [-0.3, -0.25) is 0 Å². The Morgan fingerprint density at radius 3 is 2.06 bits per heavy atom. The summed E-state index contributed by atoms with van der Waals surface area (Å²) in [6, 6.07) is 0. The number of nitrogens with one attached hydrogen (secondary N) is 2. The highest BCUT2D eigenvalue weighted by atomic mass is 16.5. The third-order valence-electron chi connectivity index (χ3n) is 0.765. The summed E-state index contributed by atoms with van der Waals surface area (Å²) in [6.45, 7) is 5.02. The lowest BCUT2D eigenvalue weighted by Crippen LogP contribution is -2.04. The van der Waals surface area contributed by atoms with Crippen molar-refractivity contribution in [2.75, 3.05) is 6.61 Å². The highest BCUT2D eigenvalue weighted by Gasteiger charge is 1.99. The molecule has 0 fully saturated rings. The van der Waals surface area contributed by atoms with E-state index in [-0.39, 0.29) is 6.61 Å². The molecule has 0 saturated carbocycles. The summed E-state index contributed by atoms with van der Waals surface area (Å²) in [5, 5.41) is 18.9. The van der Waals surface area contributed by atoms with Crippen LogP contribution in [-0.2, 0) is 19.1 Å². The molecular weight excluding hydrogens is 216 g/mol. The molecule has 0 spiro atoms. The van der Waals surface area contributed by atoms with Gasteiger partial charge in [0.05, 0.1) is 6.26 Å². The Kier molecular flexibility index (Phi) is 21.9. The standard InChI is InChI=1S/C7H10O3.2CHNO/c1-6(2)7(9)10-5-3-4-8;2*2-1-3/h3-4,8H,1,5H2,2H3;2*2H. The molecule has 88 valence electrons. The second-order valence-electron chi connectivity index (χ2n) is 1.97. The maximum atomic E-state index is 10.6. The molecule has 16 heavy (non-hydrogen) atoms. The zero-order valence-corrected chi connectivity index (χ0v) is 8.65. The molecule has 0 amide bonds. The maximum absolute atomic E-state index is 10.6. The van der Waals surface area contributed by atoms with Crippen molar-refractivity contribution in [3.8, 4) is 0 Å². The van der Waals surface area contributed by atoms with E-state index in [9.17, 15) is 4.79 Å². The zero-order chi connectivity index (χ0) is 13.4. The van der Waals surface area contributed by atoms with E-state index >= 15 is 0 Å². The number of isocyanates is 2. The molecule has 0 atom stereocenters. The summed E-state index contributed by atoms with van der Waals surface area (Å²) >= 11 is 0. The molecule has 0 radical (unpaired) electrons. The van der Waals surface area contributed by atoms with Gasteiger partial charge >= 0.3 is 5.97 Å². The van der Waals surface area contributed by atoms with Gasteiger partial charge in [0, 0.05) is 5.57 Å². The molecule has 0 aromatic rings. The van der Waals surface area contributed by atoms with Crippen LogP contribution in [0.4, 0.5) is 0 Å². The number of hydrogen-bond acceptors (Lipinski definition) is 7. The van der Waals surface area contributed by atoms with E-state index in [1.165, 1.54) is 6.08 Å². The summed E-state index contributed by atoms with van der Waals surface area (Å²) in [5.74, 6) is -0.446. The van der Waals surface area contributed by atoms with Crippen molar-refractivity contribution in [3.63, 3.8) is 0 Å². The summed E-state index contributed by atoms with van der Waals surface area (Å²) < 4.78 is 4.56. The summed E-state index contributed by atoms with van der Waals surface area (Å²) in [6.07, 6.45) is 3.65. The molecule has 0 aromatic carbocycles. The number of hydrogen-bond donors (Lipinski definition) is 3. The second-order valence-corrected chi connectivity index (χ2v) is 1.97. The van der Waals surface area contributed by atoms with E-state index in [0.717, 1.165) is 18.4 Å². The van der Waals surface area contributed by atoms with Crippen molar-refractivity contribution >= 4 is 18.1 Å². The molecule has 0 unspecified atom stereocenters. The molecule has 0 rings (SSSR count). The number of ether oxygens (including phenoxy) is 1. The van der Waals surface area contributed by atoms with Crippen LogP contribution >= 0.6 is 0 Å². The van der Waals surface area contributed by atoms with Crippen molar-refractivity contribution in [1.29, 1.82) is 10.8 Å². The van der Waals surface area contributed by atoms with Gasteiger partial charge in [0.2, 0.25) is 12.2 Å². The molecule has 7 nitrogen and oxygen atoms in total. The zero-order valence-electron chi connectivity index (χ0n) is 8.65. The second kappa shape index (κ2) is 18.3. The largest absolute Gasteiger partial charge is 0.516 e. The number of carbonyl (C=O) groups is 1. The first-order valence-corrected chi connectivity index (χ1v) is 3.71. The van der Waals surface area contributed by atoms with Crippen molar-refractivity contribution in [2.24, 2.45) is 0 Å². The fourth-order valence-corrected chi connectivity index (χ4v) is 0.290. The smallest absolute Gasteiger partial charge is 0.333 e. The van der Waals surface area contributed by atoms with Crippen LogP contribution in [0.2, 0.25) is 0 Å². The maximum Gasteiger partial charge on any atom is 0.333 e. The average Bonchev–Trinajstić information content (AvgIpc) is 2.20. The fraction of sp³-hybridized carbons (Fsp3) is 0.222. The minimum absolute atomic E-state index is 0.0855. The van der Waals surface area contributed by atoms with Gasteiger partial charge in [-0.15, -0.1) is 0 Å². The molecule has 0 aliphatic carbocycles. The number of carbonyl (C=O) groups excluding carboxylic acids is 3. The lowest BCUT2D eigenvalue weighted by molar-refractivity contribution is -0.137. The van der Waals surface area contributed by atoms with Crippen LogP contribution in [0, 0.1) is 10.8 Å². The lowest BCUT2D eigenvalue weighted by atomic mass is 10.4. The molecule has 0 heterocycles. The monoisotopic (exact) mass is 228 g/mol. The van der Waals surface area contributed by atoms with Crippen molar-refractivity contribution in [2.45, 2.75) is 6.92 Å². The minimum Gasteiger partial charge on any atom is -0.516 e.